The van der Waals surface area contributed by atoms with Crippen molar-refractivity contribution in [3.63, 3.8) is 0 Å². The number of phenolic OH excluding ortho intramolecular Hbond substituents is 1. The van der Waals surface area contributed by atoms with Crippen molar-refractivity contribution in [2.75, 3.05) is 13.2 Å². The summed E-state index contributed by atoms with van der Waals surface area (Å²) in [6.45, 7) is 6.31. The molecule has 1 atom stereocenters. The first kappa shape index (κ1) is 21.5. The number of H-pyrrole nitrogens is 1. The van der Waals surface area contributed by atoms with E-state index in [1.165, 1.54) is 0 Å². The van der Waals surface area contributed by atoms with Gasteiger partial charge in [-0.1, -0.05) is 12.1 Å². The van der Waals surface area contributed by atoms with Gasteiger partial charge in [0.05, 0.1) is 16.9 Å². The number of likely N-dealkylation sites (tertiary alicyclic amines) is 1. The fourth-order valence-corrected chi connectivity index (χ4v) is 3.59. The molecule has 1 aromatic heterocycles. The van der Waals surface area contributed by atoms with Gasteiger partial charge in [-0.15, -0.1) is 0 Å². The number of primary amides is 1. The lowest BCUT2D eigenvalue weighted by Crippen LogP contribution is -2.55. The number of hydrogen-bond donors (Lipinski definition) is 3. The summed E-state index contributed by atoms with van der Waals surface area (Å²) in [7, 11) is 0. The van der Waals surface area contributed by atoms with E-state index in [0.717, 1.165) is 17.5 Å². The summed E-state index contributed by atoms with van der Waals surface area (Å²) in [5.41, 5.74) is 7.27. The van der Waals surface area contributed by atoms with Crippen LogP contribution in [0.15, 0.2) is 36.4 Å². The summed E-state index contributed by atoms with van der Waals surface area (Å²) in [5.74, 6) is -0.0715. The second kappa shape index (κ2) is 8.07. The summed E-state index contributed by atoms with van der Waals surface area (Å²) in [4.78, 5) is 25.9. The molecule has 9 heteroatoms. The van der Waals surface area contributed by atoms with E-state index in [4.69, 9.17) is 15.2 Å². The topological polar surface area (TPSA) is 131 Å². The first-order valence-corrected chi connectivity index (χ1v) is 10.4. The monoisotopic (exact) mass is 438 g/mol. The summed E-state index contributed by atoms with van der Waals surface area (Å²) >= 11 is 0. The summed E-state index contributed by atoms with van der Waals surface area (Å²) in [5, 5.41) is 16.9. The maximum atomic E-state index is 12.4. The third-order valence-electron chi connectivity index (χ3n) is 5.26. The number of aromatic amines is 1. The van der Waals surface area contributed by atoms with Gasteiger partial charge in [-0.3, -0.25) is 9.89 Å². The van der Waals surface area contributed by atoms with Crippen LogP contribution in [0.4, 0.5) is 4.79 Å². The first-order chi connectivity index (χ1) is 15.1. The van der Waals surface area contributed by atoms with Gasteiger partial charge in [0.1, 0.15) is 23.7 Å². The van der Waals surface area contributed by atoms with Crippen molar-refractivity contribution in [1.82, 2.24) is 15.1 Å². The molecule has 1 saturated heterocycles. The number of amides is 2. The summed E-state index contributed by atoms with van der Waals surface area (Å²) < 4.78 is 11.6. The Balaban J connectivity index is 1.62. The van der Waals surface area contributed by atoms with Gasteiger partial charge in [0.2, 0.25) is 0 Å². The molecule has 4 rings (SSSR count). The van der Waals surface area contributed by atoms with E-state index in [0.29, 0.717) is 23.2 Å². The van der Waals surface area contributed by atoms with E-state index in [9.17, 15) is 14.7 Å². The number of nitrogens with zero attached hydrogens (tertiary/aromatic N) is 2. The maximum absolute atomic E-state index is 12.4. The van der Waals surface area contributed by atoms with E-state index < -0.39 is 11.5 Å². The molecule has 0 radical (unpaired) electrons. The number of nitrogens with one attached hydrogen (secondary N) is 1. The molecule has 2 amide bonds. The minimum Gasteiger partial charge on any atom is -0.508 e. The molecule has 4 N–H and O–H groups in total. The highest BCUT2D eigenvalue weighted by Gasteiger charge is 2.36. The van der Waals surface area contributed by atoms with Crippen molar-refractivity contribution in [2.24, 2.45) is 5.73 Å². The van der Waals surface area contributed by atoms with Crippen LogP contribution in [-0.2, 0) is 4.74 Å². The van der Waals surface area contributed by atoms with E-state index in [1.807, 2.05) is 26.8 Å². The van der Waals surface area contributed by atoms with E-state index in [1.54, 1.807) is 35.2 Å². The standard InChI is InChI=1S/C23H26N4O5/c1-23(2,3)32-22(30)27-9-8-15(27)12-31-18-11-14(13-4-6-16(28)7-5-13)10-17-19(18)20(21(24)29)26-25-17/h4-7,10-11,15,28H,8-9,12H2,1-3H3,(H2,24,29)(H,25,26). The first-order valence-electron chi connectivity index (χ1n) is 10.4. The molecule has 1 unspecified atom stereocenters. The predicted octanol–water partition coefficient (Wildman–Crippen LogP) is 3.42. The Bertz CT molecular complexity index is 1160. The Morgan fingerprint density at radius 1 is 1.22 bits per heavy atom. The number of carbonyl (C=O) groups excluding carboxylic acids is 2. The molecule has 1 aliphatic heterocycles. The molecular weight excluding hydrogens is 412 g/mol. The van der Waals surface area contributed by atoms with Crippen molar-refractivity contribution in [3.8, 4) is 22.6 Å². The lowest BCUT2D eigenvalue weighted by molar-refractivity contribution is -0.0140. The molecule has 0 spiro atoms. The Kier molecular flexibility index (Phi) is 5.41. The normalized spacial score (nSPS) is 16.0. The van der Waals surface area contributed by atoms with Gasteiger partial charge in [0.25, 0.3) is 5.91 Å². The van der Waals surface area contributed by atoms with Crippen molar-refractivity contribution in [2.45, 2.75) is 38.8 Å². The fourth-order valence-electron chi connectivity index (χ4n) is 3.59. The Labute approximate surface area is 185 Å². The largest absolute Gasteiger partial charge is 0.508 e. The number of nitrogens with two attached hydrogens (primary N) is 1. The molecule has 32 heavy (non-hydrogen) atoms. The minimum atomic E-state index is -0.669. The summed E-state index contributed by atoms with van der Waals surface area (Å²) in [6, 6.07) is 10.2. The Morgan fingerprint density at radius 2 is 1.94 bits per heavy atom. The van der Waals surface area contributed by atoms with Crippen LogP contribution in [0.3, 0.4) is 0 Å². The van der Waals surface area contributed by atoms with Crippen molar-refractivity contribution in [3.05, 3.63) is 42.1 Å². The van der Waals surface area contributed by atoms with Gasteiger partial charge < -0.3 is 25.2 Å². The van der Waals surface area contributed by atoms with Crippen LogP contribution in [0.25, 0.3) is 22.0 Å². The van der Waals surface area contributed by atoms with Crippen LogP contribution in [0.5, 0.6) is 11.5 Å². The highest BCUT2D eigenvalue weighted by Crippen LogP contribution is 2.35. The number of benzene rings is 2. The van der Waals surface area contributed by atoms with Gasteiger partial charge in [-0.2, -0.15) is 5.10 Å². The molecule has 1 fully saturated rings. The van der Waals surface area contributed by atoms with Crippen LogP contribution in [-0.4, -0.2) is 57.0 Å². The zero-order valence-electron chi connectivity index (χ0n) is 18.2. The van der Waals surface area contributed by atoms with Gasteiger partial charge >= 0.3 is 6.09 Å². The smallest absolute Gasteiger partial charge is 0.410 e. The van der Waals surface area contributed by atoms with Gasteiger partial charge in [-0.25, -0.2) is 4.79 Å². The number of phenols is 1. The van der Waals surface area contributed by atoms with Gasteiger partial charge in [0, 0.05) is 6.54 Å². The molecule has 0 aliphatic carbocycles. The molecule has 2 aromatic carbocycles. The highest BCUT2D eigenvalue weighted by molar-refractivity contribution is 6.07. The average Bonchev–Trinajstić information content (AvgIpc) is 3.10. The highest BCUT2D eigenvalue weighted by atomic mass is 16.6. The number of rotatable bonds is 5. The molecule has 3 aromatic rings. The number of carbonyl (C=O) groups is 2. The summed E-state index contributed by atoms with van der Waals surface area (Å²) in [6.07, 6.45) is 0.412. The van der Waals surface area contributed by atoms with Crippen LogP contribution in [0.2, 0.25) is 0 Å². The van der Waals surface area contributed by atoms with Crippen LogP contribution < -0.4 is 10.5 Å². The Hall–Kier alpha value is -3.75. The van der Waals surface area contributed by atoms with E-state index >= 15 is 0 Å². The lowest BCUT2D eigenvalue weighted by atomic mass is 10.0. The van der Waals surface area contributed by atoms with E-state index in [-0.39, 0.29) is 30.2 Å². The molecule has 1 aliphatic rings. The van der Waals surface area contributed by atoms with Crippen molar-refractivity contribution in [1.29, 1.82) is 0 Å². The molecule has 9 nitrogen and oxygen atoms in total. The van der Waals surface area contributed by atoms with Crippen molar-refractivity contribution < 1.29 is 24.2 Å². The van der Waals surface area contributed by atoms with Gasteiger partial charge in [-0.05, 0) is 62.6 Å². The maximum Gasteiger partial charge on any atom is 0.410 e. The minimum absolute atomic E-state index is 0.0878. The second-order valence-electron chi connectivity index (χ2n) is 8.81. The number of ether oxygens (including phenoxy) is 2. The van der Waals surface area contributed by atoms with Crippen LogP contribution in [0.1, 0.15) is 37.7 Å². The zero-order valence-corrected chi connectivity index (χ0v) is 18.2. The third kappa shape index (κ3) is 4.32. The number of hydrogen-bond acceptors (Lipinski definition) is 6. The fraction of sp³-hybridized carbons (Fsp3) is 0.348. The second-order valence-corrected chi connectivity index (χ2v) is 8.81. The molecular formula is C23H26N4O5. The number of aromatic hydroxyl groups is 1. The molecule has 0 bridgehead atoms. The molecule has 0 saturated carbocycles. The van der Waals surface area contributed by atoms with Gasteiger partial charge in [0.15, 0.2) is 5.69 Å². The number of aromatic nitrogens is 2. The van der Waals surface area contributed by atoms with Crippen LogP contribution >= 0.6 is 0 Å². The third-order valence-corrected chi connectivity index (χ3v) is 5.26. The SMILES string of the molecule is CC(C)(C)OC(=O)N1CCC1COc1cc(-c2ccc(O)cc2)cc2[nH]nc(C(N)=O)c12. The predicted molar refractivity (Wildman–Crippen MR) is 119 cm³/mol. The number of fused-ring (bicyclic) bond motifs is 1. The quantitative estimate of drug-likeness (QED) is 0.559. The molecule has 168 valence electrons. The Morgan fingerprint density at radius 3 is 2.53 bits per heavy atom. The van der Waals surface area contributed by atoms with Crippen LogP contribution in [0, 0.1) is 0 Å². The average molecular weight is 438 g/mol. The van der Waals surface area contributed by atoms with Crippen molar-refractivity contribution >= 4 is 22.9 Å². The van der Waals surface area contributed by atoms with E-state index in [2.05, 4.69) is 10.2 Å². The molecule has 2 heterocycles. The zero-order chi connectivity index (χ0) is 23.0. The lowest BCUT2D eigenvalue weighted by Gasteiger charge is -2.41.